The Hall–Kier alpha value is 0.227. The predicted octanol–water partition coefficient (Wildman–Crippen LogP) is 7.49. The van der Waals surface area contributed by atoms with E-state index in [1.54, 1.807) is 12.1 Å². The molecule has 1 unspecified atom stereocenters. The first-order chi connectivity index (χ1) is 12.9. The Labute approximate surface area is 180 Å². The number of nitrogens with one attached hydrogen (secondary N) is 1. The second kappa shape index (κ2) is 8.93. The molecule has 0 bridgehead atoms. The maximum Gasteiger partial charge on any atom is 0.192 e. The van der Waals surface area contributed by atoms with E-state index in [4.69, 9.17) is 39.2 Å². The Bertz CT molecular complexity index is 622. The second-order valence-corrected chi connectivity index (χ2v) is 14.5. The minimum Gasteiger partial charge on any atom is -0.409 e. The van der Waals surface area contributed by atoms with Gasteiger partial charge >= 0.3 is 0 Å². The van der Waals surface area contributed by atoms with Crippen molar-refractivity contribution in [2.75, 3.05) is 13.1 Å². The topological polar surface area (TPSA) is 21.3 Å². The Morgan fingerprint density at radius 3 is 2.11 bits per heavy atom. The fraction of sp³-hybridized carbons (Fsp3) is 0.714. The van der Waals surface area contributed by atoms with Crippen LogP contribution in [0.5, 0.6) is 0 Å². The van der Waals surface area contributed by atoms with E-state index in [0.717, 1.165) is 48.1 Å². The number of benzene rings is 1. The molecule has 1 aromatic carbocycles. The predicted molar refractivity (Wildman–Crippen MR) is 120 cm³/mol. The summed E-state index contributed by atoms with van der Waals surface area (Å²) < 4.78 is 6.82. The molecule has 152 valence electrons. The van der Waals surface area contributed by atoms with E-state index in [2.05, 4.69) is 26.1 Å². The van der Waals surface area contributed by atoms with Crippen LogP contribution in [0.25, 0.3) is 0 Å². The molecule has 0 aliphatic heterocycles. The first kappa shape index (κ1) is 21.9. The van der Waals surface area contributed by atoms with Gasteiger partial charge in [-0.3, -0.25) is 0 Å². The summed E-state index contributed by atoms with van der Waals surface area (Å²) in [5.74, 6) is 0.815. The minimum atomic E-state index is -1.80. The average molecular weight is 449 g/mol. The van der Waals surface area contributed by atoms with Crippen LogP contribution in [0.3, 0.4) is 0 Å². The van der Waals surface area contributed by atoms with Gasteiger partial charge in [-0.2, -0.15) is 0 Å². The lowest BCUT2D eigenvalue weighted by atomic mass is 9.72. The van der Waals surface area contributed by atoms with Crippen LogP contribution < -0.4 is 5.32 Å². The summed E-state index contributed by atoms with van der Waals surface area (Å²) >= 11 is 19.2. The number of hydrogen-bond acceptors (Lipinski definition) is 2. The molecule has 2 aliphatic carbocycles. The molecule has 0 saturated heterocycles. The molecule has 2 fully saturated rings. The summed E-state index contributed by atoms with van der Waals surface area (Å²) in [4.78, 5) is 0. The molecule has 1 aromatic rings. The lowest BCUT2D eigenvalue weighted by Gasteiger charge is -2.37. The van der Waals surface area contributed by atoms with Crippen LogP contribution in [0.4, 0.5) is 0 Å². The van der Waals surface area contributed by atoms with Crippen molar-refractivity contribution < 1.29 is 4.43 Å². The molecule has 2 nitrogen and oxygen atoms in total. The number of hydrogen-bond donors (Lipinski definition) is 1. The molecule has 27 heavy (non-hydrogen) atoms. The van der Waals surface area contributed by atoms with Gasteiger partial charge in [0.2, 0.25) is 0 Å². The molecule has 0 heterocycles. The van der Waals surface area contributed by atoms with Gasteiger partial charge in [0.1, 0.15) is 0 Å². The number of rotatable bonds is 10. The summed E-state index contributed by atoms with van der Waals surface area (Å²) in [7, 11) is -1.80. The van der Waals surface area contributed by atoms with Crippen LogP contribution in [-0.2, 0) is 4.43 Å². The van der Waals surface area contributed by atoms with Gasteiger partial charge in [-0.1, -0.05) is 55.6 Å². The van der Waals surface area contributed by atoms with Crippen molar-refractivity contribution in [2.24, 2.45) is 11.3 Å². The van der Waals surface area contributed by atoms with E-state index in [0.29, 0.717) is 15.1 Å². The maximum absolute atomic E-state index is 6.82. The van der Waals surface area contributed by atoms with Crippen molar-refractivity contribution >= 4 is 43.1 Å². The number of halogens is 3. The van der Waals surface area contributed by atoms with E-state index < -0.39 is 8.32 Å². The average Bonchev–Trinajstić information content (AvgIpc) is 3.39. The van der Waals surface area contributed by atoms with E-state index >= 15 is 0 Å². The molecule has 0 aromatic heterocycles. The van der Waals surface area contributed by atoms with E-state index in [1.807, 2.05) is 0 Å². The quantitative estimate of drug-likeness (QED) is 0.374. The zero-order valence-corrected chi connectivity index (χ0v) is 20.0. The van der Waals surface area contributed by atoms with Gasteiger partial charge in [0, 0.05) is 27.2 Å². The molecular weight excluding hydrogens is 417 g/mol. The highest BCUT2D eigenvalue weighted by molar-refractivity contribution is 6.73. The Kier molecular flexibility index (Phi) is 7.25. The van der Waals surface area contributed by atoms with Crippen molar-refractivity contribution in [3.05, 3.63) is 32.8 Å². The lowest BCUT2D eigenvalue weighted by Crippen LogP contribution is -2.41. The SMILES string of the molecule is CC[Si](CC)(CC)OC(CNCC1CC2(CC2)C1)c1c(Cl)cc(Cl)cc1Cl. The molecule has 1 N–H and O–H groups in total. The zero-order valence-electron chi connectivity index (χ0n) is 16.7. The van der Waals surface area contributed by atoms with E-state index in [-0.39, 0.29) is 6.10 Å². The van der Waals surface area contributed by atoms with Gasteiger partial charge in [-0.05, 0) is 73.8 Å². The van der Waals surface area contributed by atoms with E-state index in [1.165, 1.54) is 25.7 Å². The van der Waals surface area contributed by atoms with Crippen molar-refractivity contribution in [1.29, 1.82) is 0 Å². The fourth-order valence-corrected chi connectivity index (χ4v) is 8.54. The molecular formula is C21H32Cl3NOSi. The molecule has 0 amide bonds. The van der Waals surface area contributed by atoms with Crippen molar-refractivity contribution in [3.63, 3.8) is 0 Å². The second-order valence-electron chi connectivity index (χ2n) is 8.57. The third-order valence-corrected chi connectivity index (χ3v) is 12.3. The monoisotopic (exact) mass is 447 g/mol. The van der Waals surface area contributed by atoms with Crippen LogP contribution >= 0.6 is 34.8 Å². The Balaban J connectivity index is 1.71. The van der Waals surface area contributed by atoms with Gasteiger partial charge in [0.25, 0.3) is 0 Å². The summed E-state index contributed by atoms with van der Waals surface area (Å²) in [5.41, 5.74) is 1.63. The molecule has 6 heteroatoms. The van der Waals surface area contributed by atoms with Crippen molar-refractivity contribution in [3.8, 4) is 0 Å². The third-order valence-electron chi connectivity index (χ3n) is 6.85. The largest absolute Gasteiger partial charge is 0.409 e. The highest BCUT2D eigenvalue weighted by Crippen LogP contribution is 2.63. The smallest absolute Gasteiger partial charge is 0.192 e. The lowest BCUT2D eigenvalue weighted by molar-refractivity contribution is 0.148. The third kappa shape index (κ3) is 5.05. The molecule has 1 atom stereocenters. The summed E-state index contributed by atoms with van der Waals surface area (Å²) in [6, 6.07) is 6.85. The Morgan fingerprint density at radius 2 is 1.63 bits per heavy atom. The molecule has 3 rings (SSSR count). The maximum atomic E-state index is 6.82. The van der Waals surface area contributed by atoms with Crippen molar-refractivity contribution in [1.82, 2.24) is 5.32 Å². The highest BCUT2D eigenvalue weighted by atomic mass is 35.5. The minimum absolute atomic E-state index is 0.122. The van der Waals surface area contributed by atoms with Gasteiger partial charge in [0.05, 0.1) is 6.10 Å². The van der Waals surface area contributed by atoms with Crippen molar-refractivity contribution in [2.45, 2.75) is 70.7 Å². The first-order valence-electron chi connectivity index (χ1n) is 10.4. The molecule has 2 aliphatic rings. The zero-order chi connectivity index (χ0) is 19.7. The van der Waals surface area contributed by atoms with Crippen LogP contribution in [-0.4, -0.2) is 21.4 Å². The fourth-order valence-electron chi connectivity index (χ4n) is 4.68. The standard InChI is InChI=1S/C21H32Cl3NOSi/c1-4-27(5-2,6-3)26-19(20-17(23)9-16(22)10-18(20)24)14-25-13-15-11-21(12-15)7-8-21/h9-10,15,19,25H,4-8,11-14H2,1-3H3. The summed E-state index contributed by atoms with van der Waals surface area (Å²) in [5, 5.41) is 5.43. The van der Waals surface area contributed by atoms with Gasteiger partial charge in [-0.25, -0.2) is 0 Å². The van der Waals surface area contributed by atoms with Gasteiger partial charge in [-0.15, -0.1) is 0 Å². The van der Waals surface area contributed by atoms with Gasteiger partial charge < -0.3 is 9.74 Å². The summed E-state index contributed by atoms with van der Waals surface area (Å²) in [6.45, 7) is 8.55. The van der Waals surface area contributed by atoms with Crippen LogP contribution in [0, 0.1) is 11.3 Å². The molecule has 1 spiro atoms. The van der Waals surface area contributed by atoms with Crippen LogP contribution in [0.15, 0.2) is 12.1 Å². The highest BCUT2D eigenvalue weighted by Gasteiger charge is 2.52. The molecule has 2 saturated carbocycles. The Morgan fingerprint density at radius 1 is 1.07 bits per heavy atom. The molecule has 0 radical (unpaired) electrons. The van der Waals surface area contributed by atoms with Crippen LogP contribution in [0.2, 0.25) is 33.2 Å². The van der Waals surface area contributed by atoms with E-state index in [9.17, 15) is 0 Å². The first-order valence-corrected chi connectivity index (χ1v) is 14.0. The van der Waals surface area contributed by atoms with Gasteiger partial charge in [0.15, 0.2) is 8.32 Å². The normalized spacial score (nSPS) is 19.9. The van der Waals surface area contributed by atoms with Crippen LogP contribution in [0.1, 0.15) is 58.1 Å². The summed E-state index contributed by atoms with van der Waals surface area (Å²) in [6.07, 6.45) is 5.56.